The van der Waals surface area contributed by atoms with Gasteiger partial charge in [0.2, 0.25) is 5.91 Å². The second-order valence-corrected chi connectivity index (χ2v) is 7.26. The minimum absolute atomic E-state index is 0.00598. The van der Waals surface area contributed by atoms with Gasteiger partial charge in [0.25, 0.3) is 5.69 Å². The third kappa shape index (κ3) is 4.96. The van der Waals surface area contributed by atoms with E-state index >= 15 is 0 Å². The van der Waals surface area contributed by atoms with Crippen molar-refractivity contribution >= 4 is 51.9 Å². The van der Waals surface area contributed by atoms with Gasteiger partial charge >= 0.3 is 0 Å². The summed E-state index contributed by atoms with van der Waals surface area (Å²) in [5.74, 6) is -0.0767. The van der Waals surface area contributed by atoms with Crippen LogP contribution in [0.15, 0.2) is 48.5 Å². The monoisotopic (exact) mass is 418 g/mol. The number of thiocarbonyl (C=S) groups is 1. The molecule has 1 aliphatic rings. The van der Waals surface area contributed by atoms with Gasteiger partial charge in [-0.15, -0.1) is 0 Å². The average molecular weight is 419 g/mol. The first-order chi connectivity index (χ1) is 13.4. The SMILES string of the molecule is O=C(Nc1ccccc1)C1CCN(C(=S)Nc2cc([N+](=O)[O-])ccc2Cl)CC1. The number of benzene rings is 2. The van der Waals surface area contributed by atoms with Gasteiger partial charge in [0.15, 0.2) is 5.11 Å². The van der Waals surface area contributed by atoms with Gasteiger partial charge in [0, 0.05) is 36.8 Å². The molecular formula is C19H19ClN4O3S. The summed E-state index contributed by atoms with van der Waals surface area (Å²) in [6.07, 6.45) is 1.34. The quantitative estimate of drug-likeness (QED) is 0.437. The van der Waals surface area contributed by atoms with Crippen molar-refractivity contribution in [2.24, 2.45) is 5.92 Å². The van der Waals surface area contributed by atoms with Crippen molar-refractivity contribution in [2.45, 2.75) is 12.8 Å². The lowest BCUT2D eigenvalue weighted by molar-refractivity contribution is -0.384. The van der Waals surface area contributed by atoms with Crippen LogP contribution in [-0.4, -0.2) is 33.9 Å². The number of para-hydroxylation sites is 1. The fourth-order valence-corrected chi connectivity index (χ4v) is 3.48. The molecular weight excluding hydrogens is 400 g/mol. The normalized spacial score (nSPS) is 14.4. The Morgan fingerprint density at radius 2 is 1.82 bits per heavy atom. The van der Waals surface area contributed by atoms with E-state index in [0.29, 0.717) is 41.8 Å². The smallest absolute Gasteiger partial charge is 0.271 e. The van der Waals surface area contributed by atoms with Gasteiger partial charge in [0.05, 0.1) is 15.6 Å². The molecule has 28 heavy (non-hydrogen) atoms. The first-order valence-electron chi connectivity index (χ1n) is 8.80. The third-order valence-corrected chi connectivity index (χ3v) is 5.29. The molecule has 2 N–H and O–H groups in total. The number of non-ortho nitro benzene ring substituents is 1. The molecule has 146 valence electrons. The average Bonchev–Trinajstić information content (AvgIpc) is 2.70. The number of piperidine rings is 1. The molecule has 0 atom stereocenters. The topological polar surface area (TPSA) is 87.5 Å². The van der Waals surface area contributed by atoms with E-state index < -0.39 is 4.92 Å². The number of carbonyl (C=O) groups is 1. The van der Waals surface area contributed by atoms with Crippen molar-refractivity contribution < 1.29 is 9.72 Å². The van der Waals surface area contributed by atoms with E-state index in [-0.39, 0.29) is 17.5 Å². The molecule has 2 aromatic carbocycles. The molecule has 9 heteroatoms. The van der Waals surface area contributed by atoms with Crippen LogP contribution in [0.2, 0.25) is 5.02 Å². The van der Waals surface area contributed by atoms with Gasteiger partial charge in [-0.1, -0.05) is 29.8 Å². The highest BCUT2D eigenvalue weighted by Gasteiger charge is 2.26. The third-order valence-electron chi connectivity index (χ3n) is 4.60. The van der Waals surface area contributed by atoms with Gasteiger partial charge in [-0.25, -0.2) is 0 Å². The minimum Gasteiger partial charge on any atom is -0.349 e. The Kier molecular flexibility index (Phi) is 6.43. The maximum Gasteiger partial charge on any atom is 0.271 e. The number of amides is 1. The van der Waals surface area contributed by atoms with E-state index in [2.05, 4.69) is 10.6 Å². The van der Waals surface area contributed by atoms with Gasteiger partial charge in [-0.05, 0) is 43.3 Å². The lowest BCUT2D eigenvalue weighted by Crippen LogP contribution is -2.43. The molecule has 0 radical (unpaired) electrons. The fourth-order valence-electron chi connectivity index (χ4n) is 3.03. The molecule has 1 heterocycles. The van der Waals surface area contributed by atoms with Crippen molar-refractivity contribution in [1.82, 2.24) is 4.90 Å². The number of nitro benzene ring substituents is 1. The molecule has 0 saturated carbocycles. The summed E-state index contributed by atoms with van der Waals surface area (Å²) in [7, 11) is 0. The van der Waals surface area contributed by atoms with Crippen LogP contribution >= 0.6 is 23.8 Å². The number of halogens is 1. The molecule has 0 unspecified atom stereocenters. The van der Waals surface area contributed by atoms with E-state index in [1.54, 1.807) is 0 Å². The molecule has 2 aromatic rings. The number of hydrogen-bond acceptors (Lipinski definition) is 4. The predicted molar refractivity (Wildman–Crippen MR) is 114 cm³/mol. The van der Waals surface area contributed by atoms with Crippen molar-refractivity contribution in [3.8, 4) is 0 Å². The van der Waals surface area contributed by atoms with Crippen LogP contribution in [0.3, 0.4) is 0 Å². The van der Waals surface area contributed by atoms with E-state index in [0.717, 1.165) is 5.69 Å². The summed E-state index contributed by atoms with van der Waals surface area (Å²) in [5, 5.41) is 17.6. The van der Waals surface area contributed by atoms with Crippen LogP contribution in [0.1, 0.15) is 12.8 Å². The molecule has 1 fully saturated rings. The maximum absolute atomic E-state index is 12.4. The number of likely N-dealkylation sites (tertiary alicyclic amines) is 1. The van der Waals surface area contributed by atoms with Crippen molar-refractivity contribution in [2.75, 3.05) is 23.7 Å². The van der Waals surface area contributed by atoms with E-state index in [1.807, 2.05) is 35.2 Å². The maximum atomic E-state index is 12.4. The van der Waals surface area contributed by atoms with Crippen LogP contribution in [0.4, 0.5) is 17.1 Å². The van der Waals surface area contributed by atoms with Crippen molar-refractivity contribution in [1.29, 1.82) is 0 Å². The predicted octanol–water partition coefficient (Wildman–Crippen LogP) is 4.30. The zero-order valence-corrected chi connectivity index (χ0v) is 16.5. The molecule has 0 spiro atoms. The van der Waals surface area contributed by atoms with E-state index in [1.165, 1.54) is 18.2 Å². The Balaban J connectivity index is 1.55. The second kappa shape index (κ2) is 8.99. The van der Waals surface area contributed by atoms with Crippen LogP contribution in [0, 0.1) is 16.0 Å². The molecule has 0 aliphatic carbocycles. The number of nitro groups is 1. The van der Waals surface area contributed by atoms with Crippen molar-refractivity contribution in [3.05, 3.63) is 63.7 Å². The van der Waals surface area contributed by atoms with E-state index in [9.17, 15) is 14.9 Å². The summed E-state index contributed by atoms with van der Waals surface area (Å²) in [4.78, 5) is 24.8. The van der Waals surface area contributed by atoms with Gasteiger partial charge < -0.3 is 15.5 Å². The lowest BCUT2D eigenvalue weighted by Gasteiger charge is -2.33. The number of hydrogen-bond donors (Lipinski definition) is 2. The molecule has 0 aromatic heterocycles. The van der Waals surface area contributed by atoms with Crippen LogP contribution in [-0.2, 0) is 4.79 Å². The number of nitrogens with one attached hydrogen (secondary N) is 2. The van der Waals surface area contributed by atoms with Crippen LogP contribution < -0.4 is 10.6 Å². The highest BCUT2D eigenvalue weighted by molar-refractivity contribution is 7.80. The molecule has 7 nitrogen and oxygen atoms in total. The Bertz CT molecular complexity index is 886. The Hall–Kier alpha value is -2.71. The summed E-state index contributed by atoms with van der Waals surface area (Å²) in [6, 6.07) is 13.5. The molecule has 1 aliphatic heterocycles. The lowest BCUT2D eigenvalue weighted by atomic mass is 9.96. The zero-order valence-electron chi connectivity index (χ0n) is 14.9. The fraction of sp³-hybridized carbons (Fsp3) is 0.263. The Labute approximate surface area is 172 Å². The first-order valence-corrected chi connectivity index (χ1v) is 9.58. The molecule has 3 rings (SSSR count). The second-order valence-electron chi connectivity index (χ2n) is 6.47. The summed E-state index contributed by atoms with van der Waals surface area (Å²) in [6.45, 7) is 1.23. The largest absolute Gasteiger partial charge is 0.349 e. The van der Waals surface area contributed by atoms with Crippen molar-refractivity contribution in [3.63, 3.8) is 0 Å². The Morgan fingerprint density at radius 1 is 1.14 bits per heavy atom. The van der Waals surface area contributed by atoms with E-state index in [4.69, 9.17) is 23.8 Å². The van der Waals surface area contributed by atoms with Crippen LogP contribution in [0.25, 0.3) is 0 Å². The van der Waals surface area contributed by atoms with Gasteiger partial charge in [-0.2, -0.15) is 0 Å². The molecule has 1 amide bonds. The van der Waals surface area contributed by atoms with Crippen LogP contribution in [0.5, 0.6) is 0 Å². The van der Waals surface area contributed by atoms with Gasteiger partial charge in [-0.3, -0.25) is 14.9 Å². The first kappa shape index (κ1) is 20.0. The number of carbonyl (C=O) groups excluding carboxylic acids is 1. The summed E-state index contributed by atoms with van der Waals surface area (Å²) >= 11 is 11.5. The Morgan fingerprint density at radius 3 is 2.46 bits per heavy atom. The highest BCUT2D eigenvalue weighted by Crippen LogP contribution is 2.28. The molecule has 1 saturated heterocycles. The zero-order chi connectivity index (χ0) is 20.1. The number of anilines is 2. The standard InChI is InChI=1S/C19H19ClN4O3S/c20-16-7-6-15(24(26)27)12-17(16)22-19(28)23-10-8-13(9-11-23)18(25)21-14-4-2-1-3-5-14/h1-7,12-13H,8-11H2,(H,21,25)(H,22,28). The van der Waals surface area contributed by atoms with Gasteiger partial charge in [0.1, 0.15) is 0 Å². The minimum atomic E-state index is -0.485. The summed E-state index contributed by atoms with van der Waals surface area (Å²) in [5.41, 5.74) is 1.11. The number of nitrogens with zero attached hydrogens (tertiary/aromatic N) is 2. The highest BCUT2D eigenvalue weighted by atomic mass is 35.5. The number of rotatable bonds is 4. The summed E-state index contributed by atoms with van der Waals surface area (Å²) < 4.78 is 0. The molecule has 0 bridgehead atoms.